The lowest BCUT2D eigenvalue weighted by Gasteiger charge is -2.16. The highest BCUT2D eigenvalue weighted by Crippen LogP contribution is 2.32. The minimum Gasteiger partial charge on any atom is -0.376 e. The second-order valence-electron chi connectivity index (χ2n) is 6.23. The van der Waals surface area contributed by atoms with Gasteiger partial charge in [-0.05, 0) is 42.3 Å². The lowest BCUT2D eigenvalue weighted by Crippen LogP contribution is -2.16. The Morgan fingerprint density at radius 2 is 2.11 bits per heavy atom. The van der Waals surface area contributed by atoms with Gasteiger partial charge in [0.15, 0.2) is 10.9 Å². The molecule has 4 rings (SSSR count). The number of pyridine rings is 1. The van der Waals surface area contributed by atoms with Crippen LogP contribution in [-0.2, 0) is 11.3 Å². The van der Waals surface area contributed by atoms with E-state index in [1.807, 2.05) is 30.5 Å². The molecule has 0 amide bonds. The normalized spacial score (nSPS) is 16.4. The quantitative estimate of drug-likeness (QED) is 0.619. The first kappa shape index (κ1) is 18.1. The molecule has 1 atom stereocenters. The Morgan fingerprint density at radius 3 is 2.85 bits per heavy atom. The van der Waals surface area contributed by atoms with Gasteiger partial charge in [-0.3, -0.25) is 0 Å². The van der Waals surface area contributed by atoms with Gasteiger partial charge in [-0.15, -0.1) is 0 Å². The fourth-order valence-electron chi connectivity index (χ4n) is 3.10. The van der Waals surface area contributed by atoms with Crippen molar-refractivity contribution >= 4 is 23.4 Å². The highest BCUT2D eigenvalue weighted by molar-refractivity contribution is 7.99. The van der Waals surface area contributed by atoms with Gasteiger partial charge >= 0.3 is 0 Å². The van der Waals surface area contributed by atoms with E-state index in [1.165, 1.54) is 11.8 Å². The molecule has 27 heavy (non-hydrogen) atoms. The molecule has 5 nitrogen and oxygen atoms in total. The number of ether oxygens (including phenoxy) is 1. The van der Waals surface area contributed by atoms with E-state index >= 15 is 0 Å². The summed E-state index contributed by atoms with van der Waals surface area (Å²) in [7, 11) is 0. The van der Waals surface area contributed by atoms with Crippen molar-refractivity contribution in [2.24, 2.45) is 0 Å². The highest BCUT2D eigenvalue weighted by atomic mass is 35.5. The molecule has 3 aromatic rings. The number of nitriles is 1. The summed E-state index contributed by atoms with van der Waals surface area (Å²) in [5.41, 5.74) is 2.38. The van der Waals surface area contributed by atoms with Crippen LogP contribution < -0.4 is 0 Å². The predicted molar refractivity (Wildman–Crippen MR) is 105 cm³/mol. The monoisotopic (exact) mass is 396 g/mol. The molecule has 1 unspecified atom stereocenters. The van der Waals surface area contributed by atoms with Gasteiger partial charge in [0.25, 0.3) is 0 Å². The molecule has 1 aliphatic rings. The van der Waals surface area contributed by atoms with Crippen molar-refractivity contribution in [1.29, 1.82) is 5.26 Å². The number of nitrogens with zero attached hydrogens (tertiary/aromatic N) is 4. The third-order valence-electron chi connectivity index (χ3n) is 4.42. The fourth-order valence-corrected chi connectivity index (χ4v) is 4.10. The Kier molecular flexibility index (Phi) is 5.44. The van der Waals surface area contributed by atoms with Crippen LogP contribution in [0.4, 0.5) is 0 Å². The van der Waals surface area contributed by atoms with Gasteiger partial charge < -0.3 is 9.30 Å². The van der Waals surface area contributed by atoms with E-state index in [4.69, 9.17) is 21.6 Å². The van der Waals surface area contributed by atoms with Crippen LogP contribution in [0.15, 0.2) is 58.8 Å². The Morgan fingerprint density at radius 1 is 1.26 bits per heavy atom. The summed E-state index contributed by atoms with van der Waals surface area (Å²) in [4.78, 5) is 8.95. The largest absolute Gasteiger partial charge is 0.376 e. The van der Waals surface area contributed by atoms with Crippen LogP contribution in [-0.4, -0.2) is 27.2 Å². The van der Waals surface area contributed by atoms with Crippen LogP contribution in [0.1, 0.15) is 18.5 Å². The maximum absolute atomic E-state index is 9.16. The molecule has 0 spiro atoms. The SMILES string of the molecule is N#Cc1nc(Sc2ncc(-c3ccccc3)n2CC2CCCO2)ccc1Cl. The summed E-state index contributed by atoms with van der Waals surface area (Å²) >= 11 is 7.42. The van der Waals surface area contributed by atoms with E-state index in [2.05, 4.69) is 26.7 Å². The molecule has 7 heteroatoms. The number of benzene rings is 1. The van der Waals surface area contributed by atoms with Crippen molar-refractivity contribution < 1.29 is 4.74 Å². The smallest absolute Gasteiger partial charge is 0.174 e. The van der Waals surface area contributed by atoms with Crippen LogP contribution in [0.2, 0.25) is 5.02 Å². The maximum Gasteiger partial charge on any atom is 0.174 e. The molecule has 3 heterocycles. The Hall–Kier alpha value is -2.33. The predicted octanol–water partition coefficient (Wildman–Crippen LogP) is 4.80. The molecule has 0 aliphatic carbocycles. The van der Waals surface area contributed by atoms with Gasteiger partial charge in [0, 0.05) is 6.61 Å². The number of rotatable bonds is 5. The van der Waals surface area contributed by atoms with Gasteiger partial charge in [0.1, 0.15) is 11.1 Å². The second-order valence-corrected chi connectivity index (χ2v) is 7.63. The number of imidazole rings is 1. The van der Waals surface area contributed by atoms with Crippen LogP contribution in [0.25, 0.3) is 11.3 Å². The summed E-state index contributed by atoms with van der Waals surface area (Å²) < 4.78 is 8.02. The summed E-state index contributed by atoms with van der Waals surface area (Å²) in [5, 5.41) is 11.0. The van der Waals surface area contributed by atoms with E-state index in [1.54, 1.807) is 12.1 Å². The molecule has 136 valence electrons. The molecule has 0 bridgehead atoms. The van der Waals surface area contributed by atoms with Crippen molar-refractivity contribution in [2.75, 3.05) is 6.61 Å². The molecular formula is C20H17ClN4OS. The minimum atomic E-state index is 0.189. The summed E-state index contributed by atoms with van der Waals surface area (Å²) in [6.45, 7) is 1.55. The number of aromatic nitrogens is 3. The lowest BCUT2D eigenvalue weighted by atomic mass is 10.1. The van der Waals surface area contributed by atoms with Crippen LogP contribution in [0.5, 0.6) is 0 Å². The first-order chi connectivity index (χ1) is 13.2. The highest BCUT2D eigenvalue weighted by Gasteiger charge is 2.21. The topological polar surface area (TPSA) is 63.7 Å². The van der Waals surface area contributed by atoms with E-state index in [-0.39, 0.29) is 11.8 Å². The minimum absolute atomic E-state index is 0.189. The average Bonchev–Trinajstić information content (AvgIpc) is 3.35. The molecule has 1 saturated heterocycles. The second kappa shape index (κ2) is 8.13. The summed E-state index contributed by atoms with van der Waals surface area (Å²) in [6.07, 6.45) is 4.21. The number of hydrogen-bond donors (Lipinski definition) is 0. The van der Waals surface area contributed by atoms with E-state index in [0.717, 1.165) is 42.4 Å². The van der Waals surface area contributed by atoms with Crippen molar-refractivity contribution in [3.8, 4) is 17.3 Å². The van der Waals surface area contributed by atoms with Crippen LogP contribution in [0.3, 0.4) is 0 Å². The van der Waals surface area contributed by atoms with Gasteiger partial charge in [-0.25, -0.2) is 9.97 Å². The molecular weight excluding hydrogens is 380 g/mol. The average molecular weight is 397 g/mol. The molecule has 0 radical (unpaired) electrons. The first-order valence-corrected chi connectivity index (χ1v) is 9.91. The van der Waals surface area contributed by atoms with Crippen LogP contribution in [0, 0.1) is 11.3 Å². The van der Waals surface area contributed by atoms with Crippen molar-refractivity contribution in [2.45, 2.75) is 35.7 Å². The summed E-state index contributed by atoms with van der Waals surface area (Å²) in [6, 6.07) is 15.7. The Bertz CT molecular complexity index is 977. The lowest BCUT2D eigenvalue weighted by molar-refractivity contribution is 0.0954. The zero-order valence-electron chi connectivity index (χ0n) is 14.5. The molecule has 1 aromatic carbocycles. The van der Waals surface area contributed by atoms with Gasteiger partial charge in [-0.1, -0.05) is 41.9 Å². The third-order valence-corrected chi connectivity index (χ3v) is 5.67. The van der Waals surface area contributed by atoms with Gasteiger partial charge in [-0.2, -0.15) is 5.26 Å². The van der Waals surface area contributed by atoms with Crippen molar-refractivity contribution in [1.82, 2.24) is 14.5 Å². The number of halogens is 1. The Labute approximate surface area is 167 Å². The van der Waals surface area contributed by atoms with E-state index in [0.29, 0.717) is 10.0 Å². The van der Waals surface area contributed by atoms with Crippen molar-refractivity contribution in [3.63, 3.8) is 0 Å². The molecule has 2 aromatic heterocycles. The van der Waals surface area contributed by atoms with Gasteiger partial charge in [0.2, 0.25) is 0 Å². The zero-order chi connectivity index (χ0) is 18.6. The fraction of sp³-hybridized carbons (Fsp3) is 0.250. The molecule has 0 saturated carbocycles. The zero-order valence-corrected chi connectivity index (χ0v) is 16.1. The van der Waals surface area contributed by atoms with E-state index in [9.17, 15) is 0 Å². The van der Waals surface area contributed by atoms with Crippen LogP contribution >= 0.6 is 23.4 Å². The maximum atomic E-state index is 9.16. The number of hydrogen-bond acceptors (Lipinski definition) is 5. The Balaban J connectivity index is 1.69. The standard InChI is InChI=1S/C20H17ClN4OS/c21-16-8-9-19(24-17(16)11-22)27-20-23-12-18(14-5-2-1-3-6-14)25(20)13-15-7-4-10-26-15/h1-3,5-6,8-9,12,15H,4,7,10,13H2. The summed E-state index contributed by atoms with van der Waals surface area (Å²) in [5.74, 6) is 0. The van der Waals surface area contributed by atoms with Gasteiger partial charge in [0.05, 0.1) is 29.6 Å². The molecule has 1 aliphatic heterocycles. The first-order valence-electron chi connectivity index (χ1n) is 8.71. The molecule has 1 fully saturated rings. The molecule has 0 N–H and O–H groups in total. The third kappa shape index (κ3) is 4.01. The van der Waals surface area contributed by atoms with E-state index < -0.39 is 0 Å². The van der Waals surface area contributed by atoms with Crippen molar-refractivity contribution in [3.05, 3.63) is 59.4 Å².